The number of nitrogens with zero attached hydrogens (tertiary/aromatic N) is 3. The molecular formula is C25H24Cl4EsF2N4O2-2. The smallest absolute Gasteiger partial charge is 0.282 e. The van der Waals surface area contributed by atoms with Crippen molar-refractivity contribution in [3.63, 3.8) is 0 Å². The minimum absolute atomic E-state index is 0. The molecule has 6 nitrogen and oxygen atoms in total. The Kier molecular flexibility index (Phi) is 9.65. The van der Waals surface area contributed by atoms with Crippen molar-refractivity contribution in [2.75, 3.05) is 44.6 Å². The molecule has 3 fully saturated rings. The van der Waals surface area contributed by atoms with E-state index in [1.165, 1.54) is 0 Å². The molecule has 0 bridgehead atoms. The van der Waals surface area contributed by atoms with Crippen LogP contribution in [0.25, 0.3) is 0 Å². The molecule has 13 heteroatoms. The number of carbonyl (C=O) groups excluding carboxylic acids is 2. The van der Waals surface area contributed by atoms with Crippen LogP contribution < -0.4 is 5.32 Å². The van der Waals surface area contributed by atoms with E-state index in [2.05, 4.69) is 16.3 Å². The first kappa shape index (κ1) is 29.7. The Morgan fingerprint density at radius 2 is 1.55 bits per heavy atom. The largest absolute Gasteiger partial charge is 0.520 e. The van der Waals surface area contributed by atoms with Gasteiger partial charge < -0.3 is 19.9 Å². The molecule has 38 heavy (non-hydrogen) atoms. The van der Waals surface area contributed by atoms with Gasteiger partial charge in [-0.05, 0) is 38.1 Å². The number of hydrogen-bond donors (Lipinski definition) is 1. The summed E-state index contributed by atoms with van der Waals surface area (Å²) in [6.07, 6.45) is 3.85. The molecule has 211 valence electrons. The molecule has 1 N–H and O–H groups in total. The minimum atomic E-state index is -2.84. The van der Waals surface area contributed by atoms with Gasteiger partial charge in [-0.1, -0.05) is 33.2 Å². The van der Waals surface area contributed by atoms with Crippen LogP contribution in [0, 0.1) is 6.07 Å². The van der Waals surface area contributed by atoms with Crippen molar-refractivity contribution in [1.82, 2.24) is 14.7 Å². The third-order valence-corrected chi connectivity index (χ3v) is 7.53. The maximum atomic E-state index is 13.0. The number of alkyl halides is 2. The van der Waals surface area contributed by atoms with Crippen LogP contribution in [0.5, 0.6) is 0 Å². The molecule has 0 saturated carbocycles. The Balaban J connectivity index is 0.000000382. The molecule has 0 aliphatic carbocycles. The SMILES string of the molecule is Clc1c[c-]cc(Cl)c1.O=[C-]N1CCC(N2CC(Nc3cc(Cl)c(C(=O)N4CC(F)(F)C4)c(Cl)c3)C2)CC1.[Es]. The van der Waals surface area contributed by atoms with Crippen molar-refractivity contribution >= 4 is 64.4 Å². The summed E-state index contributed by atoms with van der Waals surface area (Å²) in [5.41, 5.74) is 0.754. The van der Waals surface area contributed by atoms with Gasteiger partial charge in [0.25, 0.3) is 11.8 Å². The summed E-state index contributed by atoms with van der Waals surface area (Å²) in [5, 5.41) is 4.90. The van der Waals surface area contributed by atoms with E-state index in [-0.39, 0.29) is 21.7 Å². The fourth-order valence-electron chi connectivity index (χ4n) is 4.55. The van der Waals surface area contributed by atoms with Crippen LogP contribution >= 0.6 is 46.4 Å². The van der Waals surface area contributed by atoms with Gasteiger partial charge in [-0.3, -0.25) is 9.69 Å². The van der Waals surface area contributed by atoms with Crippen LogP contribution in [0.15, 0.2) is 30.3 Å². The third-order valence-electron chi connectivity index (χ3n) is 6.50. The number of anilines is 1. The van der Waals surface area contributed by atoms with E-state index in [0.717, 1.165) is 43.9 Å². The van der Waals surface area contributed by atoms with Gasteiger partial charge in [-0.15, -0.1) is 6.07 Å². The zero-order valence-electron chi connectivity index (χ0n) is 19.9. The monoisotopic (exact) mass is 842 g/mol. The van der Waals surface area contributed by atoms with Crippen LogP contribution in [0.1, 0.15) is 23.2 Å². The average molecular weight is 844 g/mol. The second kappa shape index (κ2) is 12.3. The summed E-state index contributed by atoms with van der Waals surface area (Å²) >= 11 is 23.5. The summed E-state index contributed by atoms with van der Waals surface area (Å²) in [6, 6.07) is 11.7. The van der Waals surface area contributed by atoms with E-state index in [1.54, 1.807) is 35.2 Å². The molecule has 3 aliphatic heterocycles. The molecule has 2 aromatic rings. The standard InChI is InChI=1S/C19H21Cl2F2N4O2.C6H3Cl2.Es/c20-15-5-12(6-16(21)17(15)18(29)27-9-19(22,23)10-27)24-13-7-26(8-13)14-1-3-25(11-28)4-2-14;7-5-2-1-3-6(8)4-5;/h5-6,13-14,24H,1-4,7-10H2;2-4H;/q2*-1;. The second-order valence-corrected chi connectivity index (χ2v) is 11.0. The van der Waals surface area contributed by atoms with Gasteiger partial charge in [-0.25, -0.2) is 8.78 Å². The molecule has 3 aliphatic rings. The van der Waals surface area contributed by atoms with E-state index >= 15 is 0 Å². The van der Waals surface area contributed by atoms with Crippen molar-refractivity contribution in [3.8, 4) is 0 Å². The van der Waals surface area contributed by atoms with Gasteiger partial charge in [0.05, 0.1) is 34.7 Å². The quantitative estimate of drug-likeness (QED) is 0.405. The van der Waals surface area contributed by atoms with E-state index in [1.807, 2.05) is 6.41 Å². The molecule has 0 unspecified atom stereocenters. The molecule has 0 aromatic heterocycles. The summed E-state index contributed by atoms with van der Waals surface area (Å²) in [4.78, 5) is 28.2. The minimum Gasteiger partial charge on any atom is -0.520 e. The first-order chi connectivity index (χ1) is 17.5. The molecule has 0 atom stereocenters. The topological polar surface area (TPSA) is 55.9 Å². The first-order valence-electron chi connectivity index (χ1n) is 11.7. The number of piperidine rings is 1. The Morgan fingerprint density at radius 3 is 2.00 bits per heavy atom. The van der Waals surface area contributed by atoms with Crippen LogP contribution in [0.3, 0.4) is 0 Å². The normalized spacial score (nSPS) is 19.3. The zero-order valence-corrected chi connectivity index (χ0v) is 25.5. The van der Waals surface area contributed by atoms with E-state index in [4.69, 9.17) is 46.4 Å². The molecule has 2 aromatic carbocycles. The zero-order chi connectivity index (χ0) is 26.7. The van der Waals surface area contributed by atoms with Gasteiger partial charge >= 0.3 is 0 Å². The van der Waals surface area contributed by atoms with E-state index in [0.29, 0.717) is 21.8 Å². The number of carbonyl (C=O) groups is 1. The molecular weight excluding hydrogens is 820 g/mol. The summed E-state index contributed by atoms with van der Waals surface area (Å²) in [6.45, 7) is 2.00. The first-order valence-corrected chi connectivity index (χ1v) is 13.2. The predicted octanol–water partition coefficient (Wildman–Crippen LogP) is 5.51. The summed E-state index contributed by atoms with van der Waals surface area (Å²) in [5.74, 6) is -3.42. The molecule has 3 heterocycles. The van der Waals surface area contributed by atoms with Gasteiger partial charge in [0.1, 0.15) is 0 Å². The van der Waals surface area contributed by atoms with Crippen LogP contribution in [0.4, 0.5) is 14.5 Å². The number of hydrogen-bond acceptors (Lipinski definition) is 4. The fraction of sp³-hybridized carbons (Fsp3) is 0.440. The van der Waals surface area contributed by atoms with Gasteiger partial charge in [0.15, 0.2) is 0 Å². The van der Waals surface area contributed by atoms with Gasteiger partial charge in [0, 0.05) is 24.8 Å². The van der Waals surface area contributed by atoms with Crippen molar-refractivity contribution in [1.29, 1.82) is 0 Å². The second-order valence-electron chi connectivity index (χ2n) is 9.31. The fourth-order valence-corrected chi connectivity index (χ4v) is 5.62. The molecule has 2 amide bonds. The maximum Gasteiger partial charge on any atom is 0.282 e. The number of rotatable bonds is 5. The Hall–Kier alpha value is -2.84. The Bertz CT molecular complexity index is 1100. The summed E-state index contributed by atoms with van der Waals surface area (Å²) in [7, 11) is 0. The van der Waals surface area contributed by atoms with E-state index in [9.17, 15) is 18.4 Å². The van der Waals surface area contributed by atoms with Crippen molar-refractivity contribution in [2.45, 2.75) is 30.8 Å². The maximum absolute atomic E-state index is 13.0. The predicted molar refractivity (Wildman–Crippen MR) is 142 cm³/mol. The Morgan fingerprint density at radius 1 is 1.00 bits per heavy atom. The average Bonchev–Trinajstić information content (AvgIpc) is 2.79. The molecule has 0 spiro atoms. The third kappa shape index (κ3) is 7.17. The van der Waals surface area contributed by atoms with Gasteiger partial charge in [0.2, 0.25) is 0 Å². The van der Waals surface area contributed by atoms with Crippen LogP contribution in [-0.2, 0) is 4.79 Å². The van der Waals surface area contributed by atoms with Crippen molar-refractivity contribution in [2.24, 2.45) is 0 Å². The number of halogens is 6. The van der Waals surface area contributed by atoms with E-state index < -0.39 is 24.9 Å². The van der Waals surface area contributed by atoms with Crippen molar-refractivity contribution < 1.29 is 18.4 Å². The molecule has 1 radical (unpaired) electrons. The number of nitrogens with one attached hydrogen (secondary N) is 1. The number of amides is 2. The van der Waals surface area contributed by atoms with Crippen LogP contribution in [0.2, 0.25) is 20.1 Å². The Labute approximate surface area is 234 Å². The van der Waals surface area contributed by atoms with Crippen molar-refractivity contribution in [3.05, 3.63) is 62.1 Å². The number of likely N-dealkylation sites (tertiary alicyclic amines) is 3. The molecule has 3 saturated heterocycles. The van der Waals surface area contributed by atoms with Crippen LogP contribution in [-0.4, -0.2) is 84.3 Å². The summed E-state index contributed by atoms with van der Waals surface area (Å²) < 4.78 is 26.1. The number of benzene rings is 2. The molecule has 5 rings (SSSR count). The van der Waals surface area contributed by atoms with Gasteiger partial charge in [-0.2, -0.15) is 47.8 Å².